The van der Waals surface area contributed by atoms with Crippen LogP contribution < -0.4 is 0 Å². The van der Waals surface area contributed by atoms with Crippen LogP contribution >= 0.6 is 12.2 Å². The van der Waals surface area contributed by atoms with Crippen LogP contribution in [0, 0.1) is 0 Å². The molecule has 0 heterocycles. The van der Waals surface area contributed by atoms with E-state index in [0.717, 1.165) is 4.58 Å². The molecule has 0 aliphatic heterocycles. The van der Waals surface area contributed by atoms with E-state index >= 15 is 0 Å². The van der Waals surface area contributed by atoms with Crippen LogP contribution in [0.5, 0.6) is 0 Å². The summed E-state index contributed by atoms with van der Waals surface area (Å²) in [5.74, 6) is 0. The Kier molecular flexibility index (Phi) is 4.20. The minimum atomic E-state index is -1.16. The molecule has 68 valence electrons. The van der Waals surface area contributed by atoms with E-state index in [0.29, 0.717) is 0 Å². The average molecular weight is 191 g/mol. The molecule has 0 saturated heterocycles. The molecule has 5 nitrogen and oxygen atoms in total. The fourth-order valence-electron chi connectivity index (χ4n) is 0.317. The van der Waals surface area contributed by atoms with E-state index in [1.54, 1.807) is 19.0 Å². The van der Waals surface area contributed by atoms with Gasteiger partial charge in [0, 0.05) is 14.1 Å². The predicted molar refractivity (Wildman–Crippen MR) is 47.6 cm³/mol. The SMILES string of the molecule is C=[N+](COC(=S)N(C)C)C(=O)O. The van der Waals surface area contributed by atoms with Crippen LogP contribution in [0.25, 0.3) is 0 Å². The Morgan fingerprint density at radius 3 is 2.58 bits per heavy atom. The van der Waals surface area contributed by atoms with Crippen LogP contribution in [0.3, 0.4) is 0 Å². The molecule has 0 rings (SSSR count). The molecule has 0 unspecified atom stereocenters. The van der Waals surface area contributed by atoms with Gasteiger partial charge in [0.1, 0.15) is 6.72 Å². The maximum atomic E-state index is 10.2. The molecule has 6 heteroatoms. The summed E-state index contributed by atoms with van der Waals surface area (Å²) < 4.78 is 5.61. The molecule has 0 aliphatic carbocycles. The maximum Gasteiger partial charge on any atom is 0.596 e. The minimum Gasteiger partial charge on any atom is -0.427 e. The molecule has 0 fully saturated rings. The predicted octanol–water partition coefficient (Wildman–Crippen LogP) is 0.198. The average Bonchev–Trinajstić information content (AvgIpc) is 1.98. The molecular formula is C6H11N2O3S+. The molecule has 12 heavy (non-hydrogen) atoms. The zero-order valence-electron chi connectivity index (χ0n) is 6.98. The lowest BCUT2D eigenvalue weighted by molar-refractivity contribution is -0.474. The van der Waals surface area contributed by atoms with Gasteiger partial charge >= 0.3 is 6.09 Å². The summed E-state index contributed by atoms with van der Waals surface area (Å²) in [5, 5.41) is 8.59. The Labute approximate surface area is 75.9 Å². The van der Waals surface area contributed by atoms with Crippen molar-refractivity contribution in [3.05, 3.63) is 0 Å². The number of ether oxygens (including phenoxy) is 1. The van der Waals surface area contributed by atoms with Crippen molar-refractivity contribution in [1.29, 1.82) is 0 Å². The highest BCUT2D eigenvalue weighted by atomic mass is 32.1. The van der Waals surface area contributed by atoms with Crippen LogP contribution in [0.1, 0.15) is 0 Å². The van der Waals surface area contributed by atoms with Gasteiger partial charge in [-0.25, -0.2) is 0 Å². The van der Waals surface area contributed by atoms with Gasteiger partial charge in [0.2, 0.25) is 0 Å². The molecule has 0 aliphatic rings. The van der Waals surface area contributed by atoms with Gasteiger partial charge in [0.25, 0.3) is 11.9 Å². The molecular weight excluding hydrogens is 180 g/mol. The van der Waals surface area contributed by atoms with Crippen molar-refractivity contribution >= 4 is 30.2 Å². The van der Waals surface area contributed by atoms with Crippen molar-refractivity contribution in [3.63, 3.8) is 0 Å². The first-order valence-electron chi connectivity index (χ1n) is 3.10. The lowest BCUT2D eigenvalue weighted by Crippen LogP contribution is -2.28. The van der Waals surface area contributed by atoms with Crippen LogP contribution in [-0.2, 0) is 4.74 Å². The molecule has 0 aromatic heterocycles. The van der Waals surface area contributed by atoms with Gasteiger partial charge < -0.3 is 14.7 Å². The van der Waals surface area contributed by atoms with Crippen LogP contribution in [0.15, 0.2) is 0 Å². The number of amides is 1. The molecule has 0 radical (unpaired) electrons. The highest BCUT2D eigenvalue weighted by molar-refractivity contribution is 7.80. The number of hydrogen-bond donors (Lipinski definition) is 1. The Bertz CT molecular complexity index is 215. The Balaban J connectivity index is 3.77. The van der Waals surface area contributed by atoms with Gasteiger partial charge in [-0.05, 0) is 12.2 Å². The van der Waals surface area contributed by atoms with Crippen molar-refractivity contribution in [3.8, 4) is 0 Å². The van der Waals surface area contributed by atoms with Gasteiger partial charge in [-0.2, -0.15) is 4.79 Å². The van der Waals surface area contributed by atoms with E-state index in [4.69, 9.17) is 22.1 Å². The molecule has 0 bridgehead atoms. The number of carboxylic acid groups (broad SMARTS) is 1. The topological polar surface area (TPSA) is 52.8 Å². The van der Waals surface area contributed by atoms with Crippen molar-refractivity contribution < 1.29 is 19.2 Å². The lowest BCUT2D eigenvalue weighted by Gasteiger charge is -2.11. The highest BCUT2D eigenvalue weighted by Gasteiger charge is 2.13. The Hall–Kier alpha value is -1.17. The first-order valence-corrected chi connectivity index (χ1v) is 3.51. The maximum absolute atomic E-state index is 10.2. The van der Waals surface area contributed by atoms with Crippen LogP contribution in [0.4, 0.5) is 4.79 Å². The van der Waals surface area contributed by atoms with Crippen molar-refractivity contribution in [1.82, 2.24) is 4.90 Å². The second kappa shape index (κ2) is 4.66. The van der Waals surface area contributed by atoms with E-state index < -0.39 is 6.09 Å². The zero-order chi connectivity index (χ0) is 9.72. The summed E-state index contributed by atoms with van der Waals surface area (Å²) in [6.45, 7) is 3.04. The Morgan fingerprint density at radius 2 is 2.25 bits per heavy atom. The molecule has 1 amide bonds. The van der Waals surface area contributed by atoms with Gasteiger partial charge in [0.15, 0.2) is 0 Å². The van der Waals surface area contributed by atoms with Gasteiger partial charge in [0.05, 0.1) is 0 Å². The fourth-order valence-corrected chi connectivity index (χ4v) is 0.370. The summed E-state index contributed by atoms with van der Waals surface area (Å²) in [7, 11) is 3.41. The van der Waals surface area contributed by atoms with Gasteiger partial charge in [-0.15, -0.1) is 0 Å². The molecule has 0 aromatic rings. The summed E-state index contributed by atoms with van der Waals surface area (Å²) in [5.41, 5.74) is 0. The number of nitrogens with zero attached hydrogens (tertiary/aromatic N) is 2. The second-order valence-corrected chi connectivity index (χ2v) is 2.61. The van der Waals surface area contributed by atoms with Crippen molar-refractivity contribution in [2.75, 3.05) is 20.8 Å². The third-order valence-corrected chi connectivity index (χ3v) is 1.46. The summed E-state index contributed by atoms with van der Waals surface area (Å²) in [6.07, 6.45) is -1.16. The quantitative estimate of drug-likeness (QED) is 0.292. The Morgan fingerprint density at radius 1 is 1.75 bits per heavy atom. The normalized spacial score (nSPS) is 8.83. The number of carbonyl (C=O) groups is 1. The second-order valence-electron chi connectivity index (χ2n) is 2.26. The van der Waals surface area contributed by atoms with E-state index in [1.807, 2.05) is 0 Å². The number of hydrogen-bond acceptors (Lipinski definition) is 3. The van der Waals surface area contributed by atoms with E-state index in [1.165, 1.54) is 0 Å². The molecule has 0 atom stereocenters. The summed E-state index contributed by atoms with van der Waals surface area (Å²) in [6, 6.07) is 0. The monoisotopic (exact) mass is 191 g/mol. The summed E-state index contributed by atoms with van der Waals surface area (Å²) in [4.78, 5) is 11.8. The number of rotatable bonds is 2. The largest absolute Gasteiger partial charge is 0.596 e. The first-order chi connectivity index (χ1) is 5.45. The fraction of sp³-hybridized carbons (Fsp3) is 0.500. The van der Waals surface area contributed by atoms with Crippen molar-refractivity contribution in [2.45, 2.75) is 0 Å². The number of thiocarbonyl (C=S) groups is 1. The van der Waals surface area contributed by atoms with Crippen molar-refractivity contribution in [2.24, 2.45) is 0 Å². The van der Waals surface area contributed by atoms with Crippen LogP contribution in [-0.4, -0.2) is 53.4 Å². The smallest absolute Gasteiger partial charge is 0.427 e. The third-order valence-electron chi connectivity index (χ3n) is 0.980. The molecule has 0 aromatic carbocycles. The zero-order valence-corrected chi connectivity index (χ0v) is 7.80. The lowest BCUT2D eigenvalue weighted by atomic mass is 10.9. The summed E-state index contributed by atoms with van der Waals surface area (Å²) >= 11 is 4.74. The first kappa shape index (κ1) is 10.8. The molecule has 0 spiro atoms. The minimum absolute atomic E-state index is 0.160. The van der Waals surface area contributed by atoms with E-state index in [2.05, 4.69) is 6.72 Å². The highest BCUT2D eigenvalue weighted by Crippen LogP contribution is 1.87. The van der Waals surface area contributed by atoms with Crippen LogP contribution in [0.2, 0.25) is 0 Å². The standard InChI is InChI=1S/C6H10N2O3S/c1-7(2)6(12)11-4-8(3)5(9)10/h3-4H2,1-2H3/p+1. The van der Waals surface area contributed by atoms with E-state index in [9.17, 15) is 4.79 Å². The van der Waals surface area contributed by atoms with Gasteiger partial charge in [-0.3, -0.25) is 0 Å². The third kappa shape index (κ3) is 3.87. The van der Waals surface area contributed by atoms with Gasteiger partial charge in [-0.1, -0.05) is 4.58 Å². The van der Waals surface area contributed by atoms with E-state index in [-0.39, 0.29) is 11.9 Å². The molecule has 1 N–H and O–H groups in total. The molecule has 0 saturated carbocycles.